The van der Waals surface area contributed by atoms with Gasteiger partial charge in [0.2, 0.25) is 0 Å². The summed E-state index contributed by atoms with van der Waals surface area (Å²) in [6.45, 7) is 6.22. The van der Waals surface area contributed by atoms with Gasteiger partial charge in [-0.2, -0.15) is 0 Å². The number of rotatable bonds is 3. The Hall–Kier alpha value is -0.795. The van der Waals surface area contributed by atoms with Crippen molar-refractivity contribution in [3.63, 3.8) is 0 Å². The van der Waals surface area contributed by atoms with Crippen LogP contribution in [0.1, 0.15) is 18.4 Å². The van der Waals surface area contributed by atoms with Gasteiger partial charge in [-0.3, -0.25) is 0 Å². The minimum Gasteiger partial charge on any atom is -0.367 e. The van der Waals surface area contributed by atoms with E-state index >= 15 is 0 Å². The minimum absolute atomic E-state index is 0.603. The Morgan fingerprint density at radius 3 is 2.67 bits per heavy atom. The predicted molar refractivity (Wildman–Crippen MR) is 62.6 cm³/mol. The van der Waals surface area contributed by atoms with Gasteiger partial charge in [-0.05, 0) is 11.5 Å². The van der Waals surface area contributed by atoms with E-state index in [0.717, 1.165) is 13.1 Å². The van der Waals surface area contributed by atoms with Crippen molar-refractivity contribution < 1.29 is 4.76 Å². The normalized spacial score (nSPS) is 26.8. The number of hydroxylamine groups is 2. The first kappa shape index (κ1) is 10.7. The zero-order valence-corrected chi connectivity index (χ0v) is 9.39. The highest BCUT2D eigenvalue weighted by atomic mass is 16.6. The molecule has 1 fully saturated rings. The summed E-state index contributed by atoms with van der Waals surface area (Å²) in [5, 5.41) is 2.04. The summed E-state index contributed by atoms with van der Waals surface area (Å²) in [7, 11) is 1.75. The van der Waals surface area contributed by atoms with Crippen LogP contribution >= 0.6 is 0 Å². The molecule has 2 atom stereocenters. The van der Waals surface area contributed by atoms with Crippen LogP contribution in [0.25, 0.3) is 0 Å². The third-order valence-electron chi connectivity index (χ3n) is 3.06. The molecular formula is C12H17BNO. The van der Waals surface area contributed by atoms with Crippen LogP contribution in [0.3, 0.4) is 0 Å². The third kappa shape index (κ3) is 2.41. The van der Waals surface area contributed by atoms with Gasteiger partial charge in [0, 0.05) is 19.0 Å². The van der Waals surface area contributed by atoms with Crippen molar-refractivity contribution >= 4 is 7.48 Å². The van der Waals surface area contributed by atoms with Crippen LogP contribution in [0.4, 0.5) is 0 Å². The zero-order chi connectivity index (χ0) is 10.7. The van der Waals surface area contributed by atoms with Crippen LogP contribution in [0.5, 0.6) is 0 Å². The molecule has 1 aliphatic heterocycles. The van der Waals surface area contributed by atoms with E-state index in [1.807, 2.05) is 11.9 Å². The fourth-order valence-corrected chi connectivity index (χ4v) is 2.29. The van der Waals surface area contributed by atoms with Crippen molar-refractivity contribution in [2.75, 3.05) is 13.1 Å². The van der Waals surface area contributed by atoms with E-state index in [9.17, 15) is 0 Å². The molecule has 1 heterocycles. The molecule has 0 N–H and O–H groups in total. The van der Waals surface area contributed by atoms with Crippen LogP contribution in [-0.4, -0.2) is 25.6 Å². The van der Waals surface area contributed by atoms with Crippen LogP contribution < -0.4 is 0 Å². The SMILES string of the molecule is C[B]ON1CC(C)C(c2ccccc2)C1. The molecule has 1 saturated heterocycles. The van der Waals surface area contributed by atoms with Crippen LogP contribution in [0, 0.1) is 5.92 Å². The summed E-state index contributed by atoms with van der Waals surface area (Å²) in [6.07, 6.45) is 0. The van der Waals surface area contributed by atoms with Crippen molar-refractivity contribution in [2.24, 2.45) is 5.92 Å². The van der Waals surface area contributed by atoms with Gasteiger partial charge in [0.05, 0.1) is 0 Å². The van der Waals surface area contributed by atoms with Gasteiger partial charge in [0.25, 0.3) is 0 Å². The second-order valence-corrected chi connectivity index (χ2v) is 4.18. The molecule has 79 valence electrons. The first-order chi connectivity index (χ1) is 7.31. The summed E-state index contributed by atoms with van der Waals surface area (Å²) < 4.78 is 5.43. The Labute approximate surface area is 92.5 Å². The highest BCUT2D eigenvalue weighted by molar-refractivity contribution is 6.24. The molecule has 1 aromatic rings. The Morgan fingerprint density at radius 2 is 2.00 bits per heavy atom. The fourth-order valence-electron chi connectivity index (χ4n) is 2.29. The largest absolute Gasteiger partial charge is 0.367 e. The van der Waals surface area contributed by atoms with Gasteiger partial charge in [-0.1, -0.05) is 44.1 Å². The molecule has 3 heteroatoms. The smallest absolute Gasteiger partial charge is 0.321 e. The second-order valence-electron chi connectivity index (χ2n) is 4.18. The Morgan fingerprint density at radius 1 is 1.27 bits per heavy atom. The summed E-state index contributed by atoms with van der Waals surface area (Å²) in [4.78, 5) is 0. The number of nitrogens with zero attached hydrogens (tertiary/aromatic N) is 1. The number of benzene rings is 1. The molecule has 1 aromatic carbocycles. The number of hydrogen-bond donors (Lipinski definition) is 0. The summed E-state index contributed by atoms with van der Waals surface area (Å²) >= 11 is 0. The van der Waals surface area contributed by atoms with Gasteiger partial charge in [-0.25, -0.2) is 5.06 Å². The lowest BCUT2D eigenvalue weighted by Gasteiger charge is -2.15. The number of hydrogen-bond acceptors (Lipinski definition) is 2. The fraction of sp³-hybridized carbons (Fsp3) is 0.500. The average Bonchev–Trinajstić information content (AvgIpc) is 2.61. The van der Waals surface area contributed by atoms with Gasteiger partial charge in [-0.15, -0.1) is 0 Å². The Bertz CT molecular complexity index is 304. The molecule has 0 aliphatic carbocycles. The lowest BCUT2D eigenvalue weighted by molar-refractivity contribution is -0.0356. The second kappa shape index (κ2) is 4.82. The monoisotopic (exact) mass is 202 g/mol. The Kier molecular flexibility index (Phi) is 3.44. The first-order valence-electron chi connectivity index (χ1n) is 5.55. The molecule has 0 amide bonds. The van der Waals surface area contributed by atoms with Crippen molar-refractivity contribution in [1.29, 1.82) is 0 Å². The zero-order valence-electron chi connectivity index (χ0n) is 9.39. The first-order valence-corrected chi connectivity index (χ1v) is 5.55. The van der Waals surface area contributed by atoms with E-state index in [4.69, 9.17) is 4.76 Å². The molecule has 1 aliphatic rings. The lowest BCUT2D eigenvalue weighted by Crippen LogP contribution is -2.22. The molecule has 2 rings (SSSR count). The van der Waals surface area contributed by atoms with E-state index in [-0.39, 0.29) is 0 Å². The van der Waals surface area contributed by atoms with Crippen molar-refractivity contribution in [2.45, 2.75) is 19.7 Å². The summed E-state index contributed by atoms with van der Waals surface area (Å²) in [6, 6.07) is 10.7. The van der Waals surface area contributed by atoms with Crippen LogP contribution in [0.2, 0.25) is 6.82 Å². The van der Waals surface area contributed by atoms with Crippen molar-refractivity contribution in [3.05, 3.63) is 35.9 Å². The third-order valence-corrected chi connectivity index (χ3v) is 3.06. The maximum Gasteiger partial charge on any atom is 0.321 e. The highest BCUT2D eigenvalue weighted by Gasteiger charge is 2.30. The predicted octanol–water partition coefficient (Wildman–Crippen LogP) is 2.32. The van der Waals surface area contributed by atoms with Gasteiger partial charge < -0.3 is 4.76 Å². The summed E-state index contributed by atoms with van der Waals surface area (Å²) in [5.74, 6) is 1.26. The molecule has 0 spiro atoms. The van der Waals surface area contributed by atoms with Gasteiger partial charge in [0.1, 0.15) is 0 Å². The quantitative estimate of drug-likeness (QED) is 0.697. The van der Waals surface area contributed by atoms with Gasteiger partial charge >= 0.3 is 7.48 Å². The van der Waals surface area contributed by atoms with E-state index < -0.39 is 0 Å². The topological polar surface area (TPSA) is 12.5 Å². The molecule has 0 bridgehead atoms. The standard InChI is InChI=1S/C12H17BNO/c1-10-8-14(15-13-2)9-12(10)11-6-4-3-5-7-11/h3-7,10,12H,8-9H2,1-2H3. The highest BCUT2D eigenvalue weighted by Crippen LogP contribution is 2.31. The van der Waals surface area contributed by atoms with Crippen molar-refractivity contribution in [3.8, 4) is 0 Å². The molecular weight excluding hydrogens is 185 g/mol. The minimum atomic E-state index is 0.603. The van der Waals surface area contributed by atoms with E-state index in [1.54, 1.807) is 7.48 Å². The van der Waals surface area contributed by atoms with Gasteiger partial charge in [0.15, 0.2) is 0 Å². The molecule has 2 unspecified atom stereocenters. The van der Waals surface area contributed by atoms with E-state index in [2.05, 4.69) is 37.3 Å². The van der Waals surface area contributed by atoms with Crippen LogP contribution in [0.15, 0.2) is 30.3 Å². The molecule has 0 saturated carbocycles. The van der Waals surface area contributed by atoms with Crippen LogP contribution in [-0.2, 0) is 4.76 Å². The summed E-state index contributed by atoms with van der Waals surface area (Å²) in [5.41, 5.74) is 1.42. The molecule has 1 radical (unpaired) electrons. The average molecular weight is 202 g/mol. The van der Waals surface area contributed by atoms with E-state index in [0.29, 0.717) is 11.8 Å². The Balaban J connectivity index is 2.05. The maximum atomic E-state index is 5.43. The maximum absolute atomic E-state index is 5.43. The molecule has 2 nitrogen and oxygen atoms in total. The molecule has 0 aromatic heterocycles. The van der Waals surface area contributed by atoms with Crippen molar-refractivity contribution in [1.82, 2.24) is 5.06 Å². The molecule has 15 heavy (non-hydrogen) atoms. The van der Waals surface area contributed by atoms with E-state index in [1.165, 1.54) is 5.56 Å². The lowest BCUT2D eigenvalue weighted by atomic mass is 9.90.